The number of urea groups is 1. The smallest absolute Gasteiger partial charge is 0.321 e. The highest BCUT2D eigenvalue weighted by atomic mass is 16.5. The minimum Gasteiger partial charge on any atom is -0.467 e. The van der Waals surface area contributed by atoms with Crippen molar-refractivity contribution in [2.24, 2.45) is 5.92 Å². The van der Waals surface area contributed by atoms with Gasteiger partial charge in [0.15, 0.2) is 6.61 Å². The number of aryl methyl sites for hydroxylation is 1. The summed E-state index contributed by atoms with van der Waals surface area (Å²) in [5, 5.41) is 4.50. The Morgan fingerprint density at radius 1 is 1.20 bits per heavy atom. The molecule has 2 aromatic rings. The van der Waals surface area contributed by atoms with E-state index in [4.69, 9.17) is 9.15 Å². The molecule has 1 aromatic heterocycles. The molecule has 0 radical (unpaired) electrons. The van der Waals surface area contributed by atoms with Crippen LogP contribution in [0, 0.1) is 5.92 Å². The molecule has 1 atom stereocenters. The predicted molar refractivity (Wildman–Crippen MR) is 106 cm³/mol. The monoisotopic (exact) mass is 413 g/mol. The Hall–Kier alpha value is -3.62. The summed E-state index contributed by atoms with van der Waals surface area (Å²) in [4.78, 5) is 49.5. The summed E-state index contributed by atoms with van der Waals surface area (Å²) >= 11 is 0. The van der Waals surface area contributed by atoms with Gasteiger partial charge in [-0.2, -0.15) is 0 Å². The van der Waals surface area contributed by atoms with E-state index in [2.05, 4.69) is 10.6 Å². The van der Waals surface area contributed by atoms with Crippen LogP contribution in [0.1, 0.15) is 24.7 Å². The normalized spacial score (nSPS) is 15.7. The van der Waals surface area contributed by atoms with Crippen LogP contribution in [0.4, 0.5) is 10.5 Å². The molecule has 0 spiro atoms. The number of rotatable bonds is 7. The number of hydrogen-bond acceptors (Lipinski definition) is 6. The maximum absolute atomic E-state index is 12.3. The number of carbonyl (C=O) groups is 4. The van der Waals surface area contributed by atoms with Crippen LogP contribution in [-0.2, 0) is 32.1 Å². The number of nitrogens with zero attached hydrogens (tertiary/aromatic N) is 1. The van der Waals surface area contributed by atoms with Crippen LogP contribution >= 0.6 is 0 Å². The lowest BCUT2D eigenvalue weighted by Gasteiger charge is -2.17. The van der Waals surface area contributed by atoms with E-state index < -0.39 is 30.4 Å². The number of amides is 4. The molecule has 158 valence electrons. The van der Waals surface area contributed by atoms with E-state index in [1.54, 1.807) is 12.1 Å². The largest absolute Gasteiger partial charge is 0.467 e. The number of carbonyl (C=O) groups excluding carboxylic acids is 4. The van der Waals surface area contributed by atoms with Crippen molar-refractivity contribution >= 4 is 29.5 Å². The minimum atomic E-state index is -0.767. The number of benzene rings is 1. The third-order valence-electron chi connectivity index (χ3n) is 4.72. The van der Waals surface area contributed by atoms with Crippen molar-refractivity contribution in [3.63, 3.8) is 0 Å². The Labute approximate surface area is 173 Å². The van der Waals surface area contributed by atoms with Crippen LogP contribution in [-0.4, -0.2) is 37.0 Å². The topological polar surface area (TPSA) is 118 Å². The fraction of sp³-hybridized carbons (Fsp3) is 0.333. The van der Waals surface area contributed by atoms with Crippen LogP contribution < -0.4 is 15.5 Å². The Morgan fingerprint density at radius 3 is 2.63 bits per heavy atom. The number of furan rings is 1. The third-order valence-corrected chi connectivity index (χ3v) is 4.72. The molecule has 9 heteroatoms. The van der Waals surface area contributed by atoms with Crippen molar-refractivity contribution in [2.45, 2.75) is 26.3 Å². The first-order valence-electron chi connectivity index (χ1n) is 9.62. The van der Waals surface area contributed by atoms with Crippen LogP contribution in [0.15, 0.2) is 47.1 Å². The van der Waals surface area contributed by atoms with Crippen molar-refractivity contribution < 1.29 is 28.3 Å². The molecule has 2 N–H and O–H groups in total. The fourth-order valence-electron chi connectivity index (χ4n) is 3.07. The second-order valence-electron chi connectivity index (χ2n) is 6.84. The van der Waals surface area contributed by atoms with E-state index in [0.717, 1.165) is 17.7 Å². The second-order valence-corrected chi connectivity index (χ2v) is 6.84. The maximum atomic E-state index is 12.3. The van der Waals surface area contributed by atoms with Gasteiger partial charge in [0.25, 0.3) is 5.91 Å². The number of ether oxygens (including phenoxy) is 1. The predicted octanol–water partition coefficient (Wildman–Crippen LogP) is 1.76. The molecule has 1 fully saturated rings. The molecule has 1 saturated heterocycles. The zero-order chi connectivity index (χ0) is 21.5. The van der Waals surface area contributed by atoms with Gasteiger partial charge in [-0.15, -0.1) is 0 Å². The molecular formula is C21H23N3O6. The molecule has 3 rings (SSSR count). The standard InChI is InChI=1S/C21H23N3O6/c1-2-14-5-7-16(8-6-14)24-12-15(10-19(24)26)20(27)30-13-18(25)23-21(28)22-11-17-4-3-9-29-17/h3-9,15H,2,10-13H2,1H3,(H2,22,23,25,28). The Balaban J connectivity index is 1.42. The Kier molecular flexibility index (Phi) is 6.84. The van der Waals surface area contributed by atoms with Gasteiger partial charge in [-0.25, -0.2) is 4.79 Å². The molecule has 0 saturated carbocycles. The van der Waals surface area contributed by atoms with E-state index in [9.17, 15) is 19.2 Å². The van der Waals surface area contributed by atoms with Crippen LogP contribution in [0.3, 0.4) is 0 Å². The van der Waals surface area contributed by atoms with Gasteiger partial charge in [-0.1, -0.05) is 19.1 Å². The fourth-order valence-corrected chi connectivity index (χ4v) is 3.07. The lowest BCUT2D eigenvalue weighted by Crippen LogP contribution is -2.41. The first kappa shape index (κ1) is 21.1. The van der Waals surface area contributed by atoms with Crippen LogP contribution in [0.25, 0.3) is 0 Å². The highest BCUT2D eigenvalue weighted by molar-refractivity contribution is 6.00. The average Bonchev–Trinajstić information content (AvgIpc) is 3.40. The van der Waals surface area contributed by atoms with Gasteiger partial charge in [0.1, 0.15) is 5.76 Å². The zero-order valence-electron chi connectivity index (χ0n) is 16.6. The highest BCUT2D eigenvalue weighted by Crippen LogP contribution is 2.26. The second kappa shape index (κ2) is 9.73. The van der Waals surface area contributed by atoms with Gasteiger partial charge in [-0.05, 0) is 36.2 Å². The summed E-state index contributed by atoms with van der Waals surface area (Å²) in [6.07, 6.45) is 2.38. The van der Waals surface area contributed by atoms with E-state index in [1.807, 2.05) is 31.2 Å². The number of nitrogens with one attached hydrogen (secondary N) is 2. The quantitative estimate of drug-likeness (QED) is 0.668. The number of imide groups is 1. The van der Waals surface area contributed by atoms with E-state index >= 15 is 0 Å². The van der Waals surface area contributed by atoms with Gasteiger partial charge >= 0.3 is 12.0 Å². The van der Waals surface area contributed by atoms with Crippen molar-refractivity contribution in [2.75, 3.05) is 18.1 Å². The Morgan fingerprint density at radius 2 is 1.97 bits per heavy atom. The van der Waals surface area contributed by atoms with E-state index in [0.29, 0.717) is 5.76 Å². The van der Waals surface area contributed by atoms with Crippen molar-refractivity contribution in [3.05, 3.63) is 54.0 Å². The summed E-state index contributed by atoms with van der Waals surface area (Å²) in [6, 6.07) is 10.2. The summed E-state index contributed by atoms with van der Waals surface area (Å²) in [5.41, 5.74) is 1.87. The van der Waals surface area contributed by atoms with Crippen molar-refractivity contribution in [1.29, 1.82) is 0 Å². The highest BCUT2D eigenvalue weighted by Gasteiger charge is 2.36. The molecular weight excluding hydrogens is 390 g/mol. The SMILES string of the molecule is CCc1ccc(N2CC(C(=O)OCC(=O)NC(=O)NCc3ccco3)CC2=O)cc1. The van der Waals surface area contributed by atoms with Crippen LogP contribution in [0.5, 0.6) is 0 Å². The summed E-state index contributed by atoms with van der Waals surface area (Å²) in [5.74, 6) is -1.73. The molecule has 1 aliphatic heterocycles. The maximum Gasteiger partial charge on any atom is 0.321 e. The number of esters is 1. The van der Waals surface area contributed by atoms with E-state index in [1.165, 1.54) is 11.2 Å². The summed E-state index contributed by atoms with van der Waals surface area (Å²) in [6.45, 7) is 1.74. The van der Waals surface area contributed by atoms with Crippen molar-refractivity contribution in [1.82, 2.24) is 10.6 Å². The molecule has 0 bridgehead atoms. The zero-order valence-corrected chi connectivity index (χ0v) is 16.6. The number of hydrogen-bond donors (Lipinski definition) is 2. The van der Waals surface area contributed by atoms with Crippen molar-refractivity contribution in [3.8, 4) is 0 Å². The van der Waals surface area contributed by atoms with Gasteiger partial charge in [0.05, 0.1) is 18.7 Å². The van der Waals surface area contributed by atoms with Gasteiger partial charge < -0.3 is 19.4 Å². The van der Waals surface area contributed by atoms with Gasteiger partial charge in [0, 0.05) is 18.7 Å². The average molecular weight is 413 g/mol. The first-order chi connectivity index (χ1) is 14.5. The molecule has 30 heavy (non-hydrogen) atoms. The molecule has 1 aliphatic rings. The van der Waals surface area contributed by atoms with Gasteiger partial charge in [-0.3, -0.25) is 19.7 Å². The van der Waals surface area contributed by atoms with Gasteiger partial charge in [0.2, 0.25) is 5.91 Å². The molecule has 2 heterocycles. The Bertz CT molecular complexity index is 907. The molecule has 0 aliphatic carbocycles. The van der Waals surface area contributed by atoms with Crippen LogP contribution in [0.2, 0.25) is 0 Å². The molecule has 1 aromatic carbocycles. The first-order valence-corrected chi connectivity index (χ1v) is 9.62. The summed E-state index contributed by atoms with van der Waals surface area (Å²) in [7, 11) is 0. The molecule has 1 unspecified atom stereocenters. The lowest BCUT2D eigenvalue weighted by molar-refractivity contribution is -0.152. The lowest BCUT2D eigenvalue weighted by atomic mass is 10.1. The molecule has 4 amide bonds. The third kappa shape index (κ3) is 5.47. The van der Waals surface area contributed by atoms with E-state index in [-0.39, 0.29) is 25.4 Å². The minimum absolute atomic E-state index is 0.0135. The number of anilines is 1. The summed E-state index contributed by atoms with van der Waals surface area (Å²) < 4.78 is 10.0. The molecule has 9 nitrogen and oxygen atoms in total.